The minimum absolute atomic E-state index is 0.0508. The highest BCUT2D eigenvalue weighted by Crippen LogP contribution is 2.27. The Kier molecular flexibility index (Phi) is 4.42. The van der Waals surface area contributed by atoms with Crippen molar-refractivity contribution in [1.29, 1.82) is 0 Å². The van der Waals surface area contributed by atoms with Gasteiger partial charge in [0.05, 0.1) is 10.5 Å². The first-order valence-corrected chi connectivity index (χ1v) is 8.11. The standard InChI is InChI=1S/C14H11F3N2O3S/c1-23(21,22)11-5-3-10(4-6-11)19-13(20)9-2-7-12(18-8-9)14(15,16)17/h2-8H,1H3,(H,19,20). The lowest BCUT2D eigenvalue weighted by Crippen LogP contribution is -2.14. The monoisotopic (exact) mass is 344 g/mol. The summed E-state index contributed by atoms with van der Waals surface area (Å²) in [6.45, 7) is 0. The molecule has 2 aromatic rings. The molecule has 1 N–H and O–H groups in total. The van der Waals surface area contributed by atoms with Gasteiger partial charge < -0.3 is 5.32 Å². The molecule has 0 unspecified atom stereocenters. The van der Waals surface area contributed by atoms with Gasteiger partial charge in [-0.25, -0.2) is 8.42 Å². The molecule has 9 heteroatoms. The van der Waals surface area contributed by atoms with Crippen LogP contribution >= 0.6 is 0 Å². The summed E-state index contributed by atoms with van der Waals surface area (Å²) in [7, 11) is -3.35. The van der Waals surface area contributed by atoms with Crippen molar-refractivity contribution in [2.24, 2.45) is 0 Å². The van der Waals surface area contributed by atoms with E-state index in [1.54, 1.807) is 0 Å². The molecule has 0 aliphatic carbocycles. The Balaban J connectivity index is 2.13. The van der Waals surface area contributed by atoms with Crippen molar-refractivity contribution in [3.8, 4) is 0 Å². The largest absolute Gasteiger partial charge is 0.433 e. The number of sulfone groups is 1. The third-order valence-electron chi connectivity index (χ3n) is 2.86. The van der Waals surface area contributed by atoms with Gasteiger partial charge in [0.15, 0.2) is 9.84 Å². The first kappa shape index (κ1) is 16.9. The van der Waals surface area contributed by atoms with Gasteiger partial charge in [-0.1, -0.05) is 0 Å². The second-order valence-corrected chi connectivity index (χ2v) is 6.70. The van der Waals surface area contributed by atoms with E-state index >= 15 is 0 Å². The number of carbonyl (C=O) groups is 1. The molecule has 0 spiro atoms. The Morgan fingerprint density at radius 2 is 1.70 bits per heavy atom. The maximum absolute atomic E-state index is 12.4. The fourth-order valence-corrected chi connectivity index (χ4v) is 2.32. The Labute approximate surface area is 130 Å². The quantitative estimate of drug-likeness (QED) is 0.929. The Hall–Kier alpha value is -2.42. The number of benzene rings is 1. The van der Waals surface area contributed by atoms with Crippen molar-refractivity contribution < 1.29 is 26.4 Å². The summed E-state index contributed by atoms with van der Waals surface area (Å²) in [5, 5.41) is 2.44. The number of halogens is 3. The maximum atomic E-state index is 12.4. The summed E-state index contributed by atoms with van der Waals surface area (Å²) in [4.78, 5) is 15.2. The normalized spacial score (nSPS) is 12.0. The van der Waals surface area contributed by atoms with Crippen LogP contribution in [0.4, 0.5) is 18.9 Å². The highest BCUT2D eigenvalue weighted by molar-refractivity contribution is 7.90. The summed E-state index contributed by atoms with van der Waals surface area (Å²) in [5.74, 6) is -0.654. The van der Waals surface area contributed by atoms with E-state index in [0.717, 1.165) is 18.5 Å². The highest BCUT2D eigenvalue weighted by atomic mass is 32.2. The molecule has 0 atom stereocenters. The second-order valence-electron chi connectivity index (χ2n) is 4.68. The van der Waals surface area contributed by atoms with E-state index in [-0.39, 0.29) is 10.5 Å². The minimum Gasteiger partial charge on any atom is -0.322 e. The van der Waals surface area contributed by atoms with E-state index in [4.69, 9.17) is 0 Å². The van der Waals surface area contributed by atoms with Gasteiger partial charge in [-0.3, -0.25) is 9.78 Å². The van der Waals surface area contributed by atoms with Gasteiger partial charge in [0.2, 0.25) is 0 Å². The number of alkyl halides is 3. The zero-order valence-electron chi connectivity index (χ0n) is 11.8. The van der Waals surface area contributed by atoms with Crippen LogP contribution in [0.2, 0.25) is 0 Å². The molecule has 1 aromatic heterocycles. The van der Waals surface area contributed by atoms with Gasteiger partial charge in [0.1, 0.15) is 5.69 Å². The Morgan fingerprint density at radius 3 is 2.13 bits per heavy atom. The molecule has 122 valence electrons. The fraction of sp³-hybridized carbons (Fsp3) is 0.143. The van der Waals surface area contributed by atoms with Crippen LogP contribution < -0.4 is 5.32 Å². The molecule has 0 aliphatic rings. The lowest BCUT2D eigenvalue weighted by Gasteiger charge is -2.08. The molecule has 0 fully saturated rings. The maximum Gasteiger partial charge on any atom is 0.433 e. The number of pyridine rings is 1. The van der Waals surface area contributed by atoms with Crippen LogP contribution in [0.25, 0.3) is 0 Å². The Bertz CT molecular complexity index is 814. The van der Waals surface area contributed by atoms with E-state index in [2.05, 4.69) is 10.3 Å². The lowest BCUT2D eigenvalue weighted by molar-refractivity contribution is -0.141. The molecule has 5 nitrogen and oxygen atoms in total. The molecule has 0 aliphatic heterocycles. The zero-order valence-corrected chi connectivity index (χ0v) is 12.6. The van der Waals surface area contributed by atoms with Gasteiger partial charge >= 0.3 is 6.18 Å². The third-order valence-corrected chi connectivity index (χ3v) is 3.98. The molecule has 1 aromatic carbocycles. The van der Waals surface area contributed by atoms with Crippen molar-refractivity contribution >= 4 is 21.4 Å². The van der Waals surface area contributed by atoms with Crippen molar-refractivity contribution in [3.63, 3.8) is 0 Å². The average molecular weight is 344 g/mol. The van der Waals surface area contributed by atoms with Gasteiger partial charge in [0.25, 0.3) is 5.91 Å². The lowest BCUT2D eigenvalue weighted by atomic mass is 10.2. The minimum atomic E-state index is -4.57. The molecular weight excluding hydrogens is 333 g/mol. The predicted octanol–water partition coefficient (Wildman–Crippen LogP) is 2.76. The molecule has 0 saturated heterocycles. The van der Waals surface area contributed by atoms with E-state index in [1.807, 2.05) is 0 Å². The summed E-state index contributed by atoms with van der Waals surface area (Å²) >= 11 is 0. The van der Waals surface area contributed by atoms with Crippen LogP contribution in [0.15, 0.2) is 47.5 Å². The van der Waals surface area contributed by atoms with Crippen LogP contribution in [0.1, 0.15) is 16.1 Å². The van der Waals surface area contributed by atoms with Gasteiger partial charge in [0, 0.05) is 18.1 Å². The summed E-state index contributed by atoms with van der Waals surface area (Å²) < 4.78 is 59.8. The number of amides is 1. The third kappa shape index (κ3) is 4.28. The molecule has 1 heterocycles. The second kappa shape index (κ2) is 5.99. The number of carbonyl (C=O) groups excluding carboxylic acids is 1. The smallest absolute Gasteiger partial charge is 0.322 e. The number of rotatable bonds is 3. The number of nitrogens with zero attached hydrogens (tertiary/aromatic N) is 1. The van der Waals surface area contributed by atoms with E-state index < -0.39 is 27.6 Å². The van der Waals surface area contributed by atoms with Crippen LogP contribution in [-0.2, 0) is 16.0 Å². The number of nitrogens with one attached hydrogen (secondary N) is 1. The van der Waals surface area contributed by atoms with Crippen molar-refractivity contribution in [1.82, 2.24) is 4.98 Å². The summed E-state index contributed by atoms with van der Waals surface area (Å²) in [6.07, 6.45) is -2.70. The summed E-state index contributed by atoms with van der Waals surface area (Å²) in [5.41, 5.74) is -0.834. The number of aromatic nitrogens is 1. The van der Waals surface area contributed by atoms with E-state index in [1.165, 1.54) is 24.3 Å². The van der Waals surface area contributed by atoms with Gasteiger partial charge in [-0.15, -0.1) is 0 Å². The zero-order chi connectivity index (χ0) is 17.3. The first-order chi connectivity index (χ1) is 10.6. The number of anilines is 1. The molecule has 23 heavy (non-hydrogen) atoms. The van der Waals surface area contributed by atoms with Crippen molar-refractivity contribution in [2.45, 2.75) is 11.1 Å². The molecule has 1 amide bonds. The van der Waals surface area contributed by atoms with Crippen molar-refractivity contribution in [3.05, 3.63) is 53.9 Å². The SMILES string of the molecule is CS(=O)(=O)c1ccc(NC(=O)c2ccc(C(F)(F)F)nc2)cc1. The van der Waals surface area contributed by atoms with Crippen LogP contribution in [-0.4, -0.2) is 25.6 Å². The van der Waals surface area contributed by atoms with Crippen molar-refractivity contribution in [2.75, 3.05) is 11.6 Å². The van der Waals surface area contributed by atoms with Gasteiger partial charge in [-0.05, 0) is 36.4 Å². The van der Waals surface area contributed by atoms with Crippen LogP contribution in [0.5, 0.6) is 0 Å². The molecule has 0 saturated carbocycles. The molecule has 2 rings (SSSR count). The fourth-order valence-electron chi connectivity index (χ4n) is 1.68. The van der Waals surface area contributed by atoms with Crippen LogP contribution in [0.3, 0.4) is 0 Å². The highest BCUT2D eigenvalue weighted by Gasteiger charge is 2.32. The van der Waals surface area contributed by atoms with E-state index in [9.17, 15) is 26.4 Å². The topological polar surface area (TPSA) is 76.1 Å². The van der Waals surface area contributed by atoms with Gasteiger partial charge in [-0.2, -0.15) is 13.2 Å². The van der Waals surface area contributed by atoms with E-state index in [0.29, 0.717) is 11.8 Å². The molecule has 0 bridgehead atoms. The molecule has 0 radical (unpaired) electrons. The first-order valence-electron chi connectivity index (χ1n) is 6.22. The average Bonchev–Trinajstić information content (AvgIpc) is 2.46. The molecular formula is C14H11F3N2O3S. The number of hydrogen-bond donors (Lipinski definition) is 1. The van der Waals surface area contributed by atoms with Crippen LogP contribution in [0, 0.1) is 0 Å². The summed E-state index contributed by atoms with van der Waals surface area (Å²) in [6, 6.07) is 7.11. The predicted molar refractivity (Wildman–Crippen MR) is 76.7 cm³/mol. The number of hydrogen-bond acceptors (Lipinski definition) is 4. The Morgan fingerprint density at radius 1 is 1.09 bits per heavy atom.